The Morgan fingerprint density at radius 1 is 1.16 bits per heavy atom. The highest BCUT2D eigenvalue weighted by Gasteiger charge is 2.19. The smallest absolute Gasteiger partial charge is 0.337 e. The molecular weight excluding hydrogens is 349 g/mol. The summed E-state index contributed by atoms with van der Waals surface area (Å²) < 4.78 is 49.9. The number of esters is 1. The van der Waals surface area contributed by atoms with Gasteiger partial charge >= 0.3 is 5.97 Å². The first-order valence-corrected chi connectivity index (χ1v) is 8.89. The van der Waals surface area contributed by atoms with E-state index in [0.717, 1.165) is 0 Å². The Balaban J connectivity index is 2.01. The Morgan fingerprint density at radius 3 is 2.48 bits per heavy atom. The van der Waals surface area contributed by atoms with Crippen LogP contribution < -0.4 is 9.46 Å². The van der Waals surface area contributed by atoms with Crippen molar-refractivity contribution in [2.24, 2.45) is 0 Å². The van der Waals surface area contributed by atoms with Crippen LogP contribution in [0.1, 0.15) is 15.9 Å². The first-order valence-electron chi connectivity index (χ1n) is 7.40. The standard InChI is InChI=1S/C17H18FNO5S/c1-12-3-4-13(17(20)23-2)11-16(12)25(21,22)19-9-10-24-15-7-5-14(18)6-8-15/h3-8,11,19H,9-10H2,1-2H3. The van der Waals surface area contributed by atoms with Crippen LogP contribution in [0, 0.1) is 12.7 Å². The number of methoxy groups -OCH3 is 1. The fourth-order valence-corrected chi connectivity index (χ4v) is 3.37. The molecule has 8 heteroatoms. The zero-order valence-electron chi connectivity index (χ0n) is 13.8. The minimum atomic E-state index is -3.81. The molecule has 0 fully saturated rings. The van der Waals surface area contributed by atoms with Gasteiger partial charge < -0.3 is 9.47 Å². The van der Waals surface area contributed by atoms with E-state index in [4.69, 9.17) is 4.74 Å². The number of ether oxygens (including phenoxy) is 2. The zero-order chi connectivity index (χ0) is 18.4. The molecule has 0 bridgehead atoms. The van der Waals surface area contributed by atoms with E-state index in [1.807, 2.05) is 0 Å². The van der Waals surface area contributed by atoms with Gasteiger partial charge in [-0.1, -0.05) is 6.07 Å². The van der Waals surface area contributed by atoms with E-state index in [1.54, 1.807) is 6.92 Å². The van der Waals surface area contributed by atoms with Gasteiger partial charge in [0.25, 0.3) is 0 Å². The van der Waals surface area contributed by atoms with E-state index >= 15 is 0 Å². The Bertz CT molecular complexity index is 850. The summed E-state index contributed by atoms with van der Waals surface area (Å²) in [5, 5.41) is 0. The van der Waals surface area contributed by atoms with Gasteiger partial charge in [-0.05, 0) is 48.9 Å². The zero-order valence-corrected chi connectivity index (χ0v) is 14.6. The number of benzene rings is 2. The molecule has 2 aromatic carbocycles. The third-order valence-electron chi connectivity index (χ3n) is 3.38. The van der Waals surface area contributed by atoms with E-state index in [9.17, 15) is 17.6 Å². The Labute approximate surface area is 145 Å². The molecule has 0 radical (unpaired) electrons. The quantitative estimate of drug-likeness (QED) is 0.600. The number of rotatable bonds is 7. The topological polar surface area (TPSA) is 81.7 Å². The first kappa shape index (κ1) is 18.9. The fraction of sp³-hybridized carbons (Fsp3) is 0.235. The minimum Gasteiger partial charge on any atom is -0.492 e. The highest BCUT2D eigenvalue weighted by molar-refractivity contribution is 7.89. The molecule has 0 saturated carbocycles. The summed E-state index contributed by atoms with van der Waals surface area (Å²) in [5.41, 5.74) is 0.649. The number of hydrogen-bond acceptors (Lipinski definition) is 5. The van der Waals surface area contributed by atoms with Crippen LogP contribution in [0.25, 0.3) is 0 Å². The van der Waals surface area contributed by atoms with Crippen molar-refractivity contribution in [2.75, 3.05) is 20.3 Å². The Hall–Kier alpha value is -2.45. The van der Waals surface area contributed by atoms with Crippen molar-refractivity contribution in [3.8, 4) is 5.75 Å². The van der Waals surface area contributed by atoms with Crippen molar-refractivity contribution in [1.82, 2.24) is 4.72 Å². The molecule has 0 atom stereocenters. The normalized spacial score (nSPS) is 11.2. The van der Waals surface area contributed by atoms with Gasteiger partial charge in [-0.15, -0.1) is 0 Å². The van der Waals surface area contributed by atoms with Crippen LogP contribution in [0.3, 0.4) is 0 Å². The second-order valence-corrected chi connectivity index (χ2v) is 6.91. The third-order valence-corrected chi connectivity index (χ3v) is 4.98. The minimum absolute atomic E-state index is 0.00261. The van der Waals surface area contributed by atoms with Crippen molar-refractivity contribution < 1.29 is 27.1 Å². The van der Waals surface area contributed by atoms with Crippen molar-refractivity contribution in [2.45, 2.75) is 11.8 Å². The van der Waals surface area contributed by atoms with Gasteiger partial charge in [0.05, 0.1) is 17.6 Å². The summed E-state index contributed by atoms with van der Waals surface area (Å²) in [4.78, 5) is 11.6. The summed E-state index contributed by atoms with van der Waals surface area (Å²) >= 11 is 0. The van der Waals surface area contributed by atoms with Crippen LogP contribution in [0.5, 0.6) is 5.75 Å². The summed E-state index contributed by atoms with van der Waals surface area (Å²) in [7, 11) is -2.59. The second kappa shape index (κ2) is 8.09. The average molecular weight is 367 g/mol. The molecule has 0 heterocycles. The van der Waals surface area contributed by atoms with Gasteiger partial charge in [0.1, 0.15) is 18.2 Å². The molecule has 134 valence electrons. The maximum atomic E-state index is 12.8. The van der Waals surface area contributed by atoms with Crippen LogP contribution in [-0.4, -0.2) is 34.6 Å². The molecule has 0 aliphatic rings. The van der Waals surface area contributed by atoms with Crippen molar-refractivity contribution in [3.05, 3.63) is 59.4 Å². The first-order chi connectivity index (χ1) is 11.8. The number of carbonyl (C=O) groups excluding carboxylic acids is 1. The number of carbonyl (C=O) groups is 1. The lowest BCUT2D eigenvalue weighted by Crippen LogP contribution is -2.29. The van der Waals surface area contributed by atoms with Gasteiger partial charge in [-0.3, -0.25) is 0 Å². The van der Waals surface area contributed by atoms with Gasteiger partial charge in [-0.25, -0.2) is 22.3 Å². The lowest BCUT2D eigenvalue weighted by atomic mass is 10.1. The molecule has 0 aliphatic carbocycles. The molecule has 0 saturated heterocycles. The van der Waals surface area contributed by atoms with E-state index in [1.165, 1.54) is 49.6 Å². The number of nitrogens with one attached hydrogen (secondary N) is 1. The van der Waals surface area contributed by atoms with E-state index in [0.29, 0.717) is 11.3 Å². The summed E-state index contributed by atoms with van der Waals surface area (Å²) in [6, 6.07) is 9.71. The molecule has 0 amide bonds. The molecule has 6 nitrogen and oxygen atoms in total. The predicted molar refractivity (Wildman–Crippen MR) is 89.6 cm³/mol. The molecule has 25 heavy (non-hydrogen) atoms. The van der Waals surface area contributed by atoms with Crippen LogP contribution in [0.4, 0.5) is 4.39 Å². The van der Waals surface area contributed by atoms with E-state index in [-0.39, 0.29) is 29.4 Å². The molecule has 0 aliphatic heterocycles. The molecule has 1 N–H and O–H groups in total. The van der Waals surface area contributed by atoms with Gasteiger partial charge in [0, 0.05) is 6.54 Å². The number of hydrogen-bond donors (Lipinski definition) is 1. The highest BCUT2D eigenvalue weighted by Crippen LogP contribution is 2.17. The SMILES string of the molecule is COC(=O)c1ccc(C)c(S(=O)(=O)NCCOc2ccc(F)cc2)c1. The summed E-state index contributed by atoms with van der Waals surface area (Å²) in [5.74, 6) is -0.561. The third kappa shape index (κ3) is 5.01. The van der Waals surface area contributed by atoms with Crippen LogP contribution in [0.2, 0.25) is 0 Å². The monoisotopic (exact) mass is 367 g/mol. The lowest BCUT2D eigenvalue weighted by molar-refractivity contribution is 0.0600. The molecule has 0 spiro atoms. The summed E-state index contributed by atoms with van der Waals surface area (Å²) in [6.07, 6.45) is 0. The highest BCUT2D eigenvalue weighted by atomic mass is 32.2. The van der Waals surface area contributed by atoms with Crippen LogP contribution in [0.15, 0.2) is 47.4 Å². The number of sulfonamides is 1. The number of halogens is 1. The lowest BCUT2D eigenvalue weighted by Gasteiger charge is -2.11. The maximum absolute atomic E-state index is 12.8. The van der Waals surface area contributed by atoms with Gasteiger partial charge in [0.2, 0.25) is 10.0 Å². The fourth-order valence-electron chi connectivity index (χ4n) is 2.09. The van der Waals surface area contributed by atoms with Gasteiger partial charge in [0.15, 0.2) is 0 Å². The largest absolute Gasteiger partial charge is 0.492 e. The molecular formula is C17H18FNO5S. The Kier molecular flexibility index (Phi) is 6.11. The van der Waals surface area contributed by atoms with E-state index in [2.05, 4.69) is 9.46 Å². The van der Waals surface area contributed by atoms with Gasteiger partial charge in [-0.2, -0.15) is 0 Å². The molecule has 2 aromatic rings. The Morgan fingerprint density at radius 2 is 1.84 bits per heavy atom. The molecule has 0 unspecified atom stereocenters. The van der Waals surface area contributed by atoms with E-state index < -0.39 is 16.0 Å². The maximum Gasteiger partial charge on any atom is 0.337 e. The predicted octanol–water partition coefficient (Wildman–Crippen LogP) is 2.28. The average Bonchev–Trinajstić information content (AvgIpc) is 2.60. The van der Waals surface area contributed by atoms with Crippen molar-refractivity contribution in [3.63, 3.8) is 0 Å². The van der Waals surface area contributed by atoms with Crippen LogP contribution >= 0.6 is 0 Å². The van der Waals surface area contributed by atoms with Crippen LogP contribution in [-0.2, 0) is 14.8 Å². The second-order valence-electron chi connectivity index (χ2n) is 5.17. The molecule has 2 rings (SSSR count). The summed E-state index contributed by atoms with van der Waals surface area (Å²) in [6.45, 7) is 1.72. The molecule has 0 aromatic heterocycles. The number of aryl methyl sites for hydroxylation is 1. The van der Waals surface area contributed by atoms with Crippen molar-refractivity contribution >= 4 is 16.0 Å². The van der Waals surface area contributed by atoms with Crippen molar-refractivity contribution in [1.29, 1.82) is 0 Å².